The van der Waals surface area contributed by atoms with Gasteiger partial charge in [-0.1, -0.05) is 12.1 Å². The number of carbonyl (C=O) groups excluding carboxylic acids is 1. The molecule has 2 aromatic carbocycles. The van der Waals surface area contributed by atoms with Crippen LogP contribution in [0, 0.1) is 0 Å². The minimum atomic E-state index is -0.375. The Morgan fingerprint density at radius 2 is 1.83 bits per heavy atom. The number of ether oxygens (including phenoxy) is 3. The Bertz CT molecular complexity index is 924. The maximum atomic E-state index is 11.6. The normalized spacial score (nSPS) is 13.5. The summed E-state index contributed by atoms with van der Waals surface area (Å²) in [5.41, 5.74) is 4.79. The molecule has 0 amide bonds. The SMILES string of the molecule is COC(OC)c1csc2ccc(-c3ccc4c(c3)COC4=O)cc12. The van der Waals surface area contributed by atoms with Crippen LogP contribution in [0.1, 0.15) is 27.8 Å². The topological polar surface area (TPSA) is 44.8 Å². The van der Waals surface area contributed by atoms with E-state index in [4.69, 9.17) is 14.2 Å². The number of fused-ring (bicyclic) bond motifs is 2. The van der Waals surface area contributed by atoms with Gasteiger partial charge >= 0.3 is 5.97 Å². The molecule has 0 saturated heterocycles. The molecule has 0 radical (unpaired) electrons. The van der Waals surface area contributed by atoms with Crippen LogP contribution < -0.4 is 0 Å². The van der Waals surface area contributed by atoms with Gasteiger partial charge in [0.1, 0.15) is 6.61 Å². The molecule has 122 valence electrons. The largest absolute Gasteiger partial charge is 0.457 e. The average Bonchev–Trinajstić information content (AvgIpc) is 3.20. The summed E-state index contributed by atoms with van der Waals surface area (Å²) in [5.74, 6) is -0.241. The average molecular weight is 340 g/mol. The molecular formula is C19H16O4S. The Kier molecular flexibility index (Phi) is 3.84. The Morgan fingerprint density at radius 1 is 1.08 bits per heavy atom. The molecule has 1 aliphatic heterocycles. The molecule has 0 atom stereocenters. The van der Waals surface area contributed by atoms with E-state index in [1.807, 2.05) is 18.2 Å². The highest BCUT2D eigenvalue weighted by Gasteiger charge is 2.21. The summed E-state index contributed by atoms with van der Waals surface area (Å²) >= 11 is 1.67. The van der Waals surface area contributed by atoms with Crippen molar-refractivity contribution in [3.05, 3.63) is 58.5 Å². The van der Waals surface area contributed by atoms with Gasteiger partial charge < -0.3 is 14.2 Å². The number of benzene rings is 2. The van der Waals surface area contributed by atoms with E-state index in [9.17, 15) is 4.79 Å². The molecule has 0 fully saturated rings. The van der Waals surface area contributed by atoms with Crippen LogP contribution >= 0.6 is 11.3 Å². The number of thiophene rings is 1. The lowest BCUT2D eigenvalue weighted by molar-refractivity contribution is -0.104. The van der Waals surface area contributed by atoms with Crippen molar-refractivity contribution in [2.24, 2.45) is 0 Å². The third kappa shape index (κ3) is 2.41. The van der Waals surface area contributed by atoms with Crippen molar-refractivity contribution >= 4 is 27.4 Å². The standard InChI is InChI=1S/C19H16O4S/c1-21-19(22-2)16-10-24-17-6-4-12(8-15(16)17)11-3-5-14-13(7-11)9-23-18(14)20/h3-8,10,19H,9H2,1-2H3. The van der Waals surface area contributed by atoms with Gasteiger partial charge in [-0.25, -0.2) is 4.79 Å². The quantitative estimate of drug-likeness (QED) is 0.517. The number of methoxy groups -OCH3 is 2. The zero-order valence-corrected chi connectivity index (χ0v) is 14.2. The number of cyclic esters (lactones) is 1. The Balaban J connectivity index is 1.80. The van der Waals surface area contributed by atoms with Crippen LogP contribution in [0.3, 0.4) is 0 Å². The first-order chi connectivity index (χ1) is 11.7. The van der Waals surface area contributed by atoms with E-state index in [0.717, 1.165) is 27.6 Å². The zero-order chi connectivity index (χ0) is 16.7. The molecule has 24 heavy (non-hydrogen) atoms. The molecule has 0 N–H and O–H groups in total. The first kappa shape index (κ1) is 15.3. The Morgan fingerprint density at radius 3 is 2.62 bits per heavy atom. The van der Waals surface area contributed by atoms with E-state index < -0.39 is 0 Å². The highest BCUT2D eigenvalue weighted by atomic mass is 32.1. The summed E-state index contributed by atoms with van der Waals surface area (Å²) in [6.07, 6.45) is -0.375. The minimum absolute atomic E-state index is 0.241. The second-order valence-corrected chi connectivity index (χ2v) is 6.56. The third-order valence-corrected chi connectivity index (χ3v) is 5.28. The molecule has 1 aliphatic rings. The smallest absolute Gasteiger partial charge is 0.338 e. The second-order valence-electron chi connectivity index (χ2n) is 5.65. The summed E-state index contributed by atoms with van der Waals surface area (Å²) in [7, 11) is 3.28. The molecule has 0 spiro atoms. The van der Waals surface area contributed by atoms with Crippen LogP contribution in [-0.2, 0) is 20.8 Å². The monoisotopic (exact) mass is 340 g/mol. The van der Waals surface area contributed by atoms with Crippen molar-refractivity contribution in [3.63, 3.8) is 0 Å². The van der Waals surface area contributed by atoms with Crippen LogP contribution in [0.5, 0.6) is 0 Å². The molecule has 2 heterocycles. The molecule has 0 aliphatic carbocycles. The molecule has 3 aromatic rings. The highest BCUT2D eigenvalue weighted by molar-refractivity contribution is 7.17. The van der Waals surface area contributed by atoms with Crippen LogP contribution in [0.4, 0.5) is 0 Å². The van der Waals surface area contributed by atoms with Gasteiger partial charge in [0.15, 0.2) is 6.29 Å². The molecule has 1 aromatic heterocycles. The van der Waals surface area contributed by atoms with Gasteiger partial charge in [-0.3, -0.25) is 0 Å². The highest BCUT2D eigenvalue weighted by Crippen LogP contribution is 2.36. The van der Waals surface area contributed by atoms with Crippen molar-refractivity contribution in [3.8, 4) is 11.1 Å². The molecule has 4 rings (SSSR count). The van der Waals surface area contributed by atoms with E-state index >= 15 is 0 Å². The van der Waals surface area contributed by atoms with Gasteiger partial charge in [0.05, 0.1) is 5.56 Å². The van der Waals surface area contributed by atoms with Gasteiger partial charge in [-0.15, -0.1) is 11.3 Å². The fourth-order valence-electron chi connectivity index (χ4n) is 3.07. The van der Waals surface area contributed by atoms with Crippen molar-refractivity contribution in [1.29, 1.82) is 0 Å². The van der Waals surface area contributed by atoms with Crippen molar-refractivity contribution in [2.75, 3.05) is 14.2 Å². The number of carbonyl (C=O) groups is 1. The lowest BCUT2D eigenvalue weighted by Crippen LogP contribution is -2.02. The van der Waals surface area contributed by atoms with E-state index in [0.29, 0.717) is 12.2 Å². The van der Waals surface area contributed by atoms with Crippen LogP contribution in [0.25, 0.3) is 21.2 Å². The lowest BCUT2D eigenvalue weighted by atomic mass is 9.99. The van der Waals surface area contributed by atoms with Gasteiger partial charge in [0.2, 0.25) is 0 Å². The predicted octanol–water partition coefficient (Wildman–Crippen LogP) is 4.53. The Labute approximate surface area is 143 Å². The van der Waals surface area contributed by atoms with E-state index in [1.165, 1.54) is 4.70 Å². The molecule has 5 heteroatoms. The number of esters is 1. The number of rotatable bonds is 4. The molecular weight excluding hydrogens is 324 g/mol. The van der Waals surface area contributed by atoms with E-state index in [-0.39, 0.29) is 12.3 Å². The summed E-state index contributed by atoms with van der Waals surface area (Å²) in [6, 6.07) is 12.2. The van der Waals surface area contributed by atoms with Crippen LogP contribution in [-0.4, -0.2) is 20.2 Å². The van der Waals surface area contributed by atoms with Gasteiger partial charge in [0.25, 0.3) is 0 Å². The van der Waals surface area contributed by atoms with Gasteiger partial charge in [-0.05, 0) is 35.4 Å². The summed E-state index contributed by atoms with van der Waals surface area (Å²) in [4.78, 5) is 11.6. The van der Waals surface area contributed by atoms with Crippen LogP contribution in [0.2, 0.25) is 0 Å². The van der Waals surface area contributed by atoms with E-state index in [1.54, 1.807) is 25.6 Å². The van der Waals surface area contributed by atoms with Crippen molar-refractivity contribution in [2.45, 2.75) is 12.9 Å². The summed E-state index contributed by atoms with van der Waals surface area (Å²) < 4.78 is 17.1. The maximum Gasteiger partial charge on any atom is 0.338 e. The molecule has 0 bridgehead atoms. The number of hydrogen-bond donors (Lipinski definition) is 0. The molecule has 0 unspecified atom stereocenters. The fourth-order valence-corrected chi connectivity index (χ4v) is 4.02. The zero-order valence-electron chi connectivity index (χ0n) is 13.4. The van der Waals surface area contributed by atoms with Crippen LogP contribution in [0.15, 0.2) is 41.8 Å². The van der Waals surface area contributed by atoms with Gasteiger partial charge in [0, 0.05) is 40.8 Å². The lowest BCUT2D eigenvalue weighted by Gasteiger charge is -2.13. The first-order valence-electron chi connectivity index (χ1n) is 7.58. The first-order valence-corrected chi connectivity index (χ1v) is 8.46. The predicted molar refractivity (Wildman–Crippen MR) is 93.1 cm³/mol. The van der Waals surface area contributed by atoms with Crippen molar-refractivity contribution in [1.82, 2.24) is 0 Å². The minimum Gasteiger partial charge on any atom is -0.457 e. The molecule has 0 saturated carbocycles. The number of hydrogen-bond acceptors (Lipinski definition) is 5. The summed E-state index contributed by atoms with van der Waals surface area (Å²) in [5, 5.41) is 3.19. The Hall–Kier alpha value is -2.21. The fraction of sp³-hybridized carbons (Fsp3) is 0.211. The third-order valence-electron chi connectivity index (χ3n) is 4.30. The summed E-state index contributed by atoms with van der Waals surface area (Å²) in [6.45, 7) is 0.351. The van der Waals surface area contributed by atoms with E-state index in [2.05, 4.69) is 23.6 Å². The van der Waals surface area contributed by atoms with Crippen molar-refractivity contribution < 1.29 is 19.0 Å². The van der Waals surface area contributed by atoms with Gasteiger partial charge in [-0.2, -0.15) is 0 Å². The molecule has 4 nitrogen and oxygen atoms in total. The second kappa shape index (κ2) is 6.02. The maximum absolute atomic E-state index is 11.6.